The number of rotatable bonds is 4. The number of methoxy groups -OCH3 is 1. The number of piperidine rings is 1. The van der Waals surface area contributed by atoms with Gasteiger partial charge in [-0.3, -0.25) is 14.8 Å². The molecule has 0 aliphatic carbocycles. The van der Waals surface area contributed by atoms with E-state index in [1.54, 1.807) is 0 Å². The fraction of sp³-hybridized carbons (Fsp3) is 0.438. The number of esters is 1. The number of ether oxygens (including phenoxy) is 1. The molecule has 1 saturated heterocycles. The molecule has 3 rings (SSSR count). The molecule has 1 aromatic carbocycles. The number of aromatic nitrogens is 3. The van der Waals surface area contributed by atoms with E-state index in [1.165, 1.54) is 7.11 Å². The lowest BCUT2D eigenvalue weighted by molar-refractivity contribution is -0.147. The van der Waals surface area contributed by atoms with E-state index in [0.717, 1.165) is 41.8 Å². The standard InChI is InChI=1S/C16H19BrN4O2S/c1-23-15(22)11-6-8-20(9-7-11)10-21-16(24)18-14(19-21)12-4-2-3-5-13(12)17/h2-5,11H,6-10H2,1H3,(H,18,19,24). The highest BCUT2D eigenvalue weighted by Gasteiger charge is 2.25. The predicted molar refractivity (Wildman–Crippen MR) is 96.9 cm³/mol. The zero-order valence-corrected chi connectivity index (χ0v) is 15.8. The first-order chi connectivity index (χ1) is 11.6. The van der Waals surface area contributed by atoms with Crippen LogP contribution in [0.5, 0.6) is 0 Å². The molecule has 1 N–H and O–H groups in total. The van der Waals surface area contributed by atoms with Gasteiger partial charge in [0.05, 0.1) is 19.7 Å². The Labute approximate surface area is 153 Å². The number of halogens is 1. The molecule has 0 amide bonds. The van der Waals surface area contributed by atoms with Crippen molar-refractivity contribution in [3.63, 3.8) is 0 Å². The van der Waals surface area contributed by atoms with Gasteiger partial charge >= 0.3 is 5.97 Å². The second-order valence-electron chi connectivity index (χ2n) is 5.82. The molecule has 2 aromatic rings. The summed E-state index contributed by atoms with van der Waals surface area (Å²) in [5, 5.41) is 3.27. The second-order valence-corrected chi connectivity index (χ2v) is 7.04. The van der Waals surface area contributed by atoms with Crippen molar-refractivity contribution in [1.82, 2.24) is 19.7 Å². The number of nitrogens with one attached hydrogen (secondary N) is 1. The van der Waals surface area contributed by atoms with E-state index >= 15 is 0 Å². The first kappa shape index (κ1) is 17.3. The highest BCUT2D eigenvalue weighted by atomic mass is 79.9. The lowest BCUT2D eigenvalue weighted by Crippen LogP contribution is -2.38. The van der Waals surface area contributed by atoms with Gasteiger partial charge in [-0.1, -0.05) is 34.1 Å². The molecule has 1 aliphatic heterocycles. The maximum absolute atomic E-state index is 11.6. The lowest BCUT2D eigenvalue weighted by atomic mass is 9.97. The fourth-order valence-corrected chi connectivity index (χ4v) is 3.57. The van der Waals surface area contributed by atoms with Gasteiger partial charge in [0.1, 0.15) is 0 Å². The molecule has 0 radical (unpaired) electrons. The minimum Gasteiger partial charge on any atom is -0.469 e. The normalized spacial score (nSPS) is 16.2. The van der Waals surface area contributed by atoms with Crippen molar-refractivity contribution < 1.29 is 9.53 Å². The number of nitrogens with zero attached hydrogens (tertiary/aromatic N) is 3. The van der Waals surface area contributed by atoms with Crippen LogP contribution in [0, 0.1) is 10.7 Å². The summed E-state index contributed by atoms with van der Waals surface area (Å²) < 4.78 is 8.19. The maximum Gasteiger partial charge on any atom is 0.308 e. The molecule has 24 heavy (non-hydrogen) atoms. The van der Waals surface area contributed by atoms with Crippen LogP contribution >= 0.6 is 28.1 Å². The van der Waals surface area contributed by atoms with Crippen LogP contribution in [0.15, 0.2) is 28.7 Å². The van der Waals surface area contributed by atoms with Gasteiger partial charge in [-0.2, -0.15) is 4.98 Å². The fourth-order valence-electron chi connectivity index (χ4n) is 2.90. The molecule has 0 atom stereocenters. The van der Waals surface area contributed by atoms with Crippen LogP contribution in [0.1, 0.15) is 12.8 Å². The van der Waals surface area contributed by atoms with Crippen LogP contribution in [-0.4, -0.2) is 45.8 Å². The molecule has 8 heteroatoms. The van der Waals surface area contributed by atoms with E-state index in [2.05, 4.69) is 30.9 Å². The van der Waals surface area contributed by atoms with E-state index in [4.69, 9.17) is 17.0 Å². The molecule has 1 aromatic heterocycles. The number of H-pyrrole nitrogens is 1. The second kappa shape index (κ2) is 7.58. The van der Waals surface area contributed by atoms with E-state index < -0.39 is 0 Å². The van der Waals surface area contributed by atoms with Gasteiger partial charge in [0.25, 0.3) is 0 Å². The molecular weight excluding hydrogens is 392 g/mol. The Bertz CT molecular complexity index is 780. The smallest absolute Gasteiger partial charge is 0.308 e. The first-order valence-corrected chi connectivity index (χ1v) is 9.00. The predicted octanol–water partition coefficient (Wildman–Crippen LogP) is 3.21. The quantitative estimate of drug-likeness (QED) is 0.619. The summed E-state index contributed by atoms with van der Waals surface area (Å²) in [6, 6.07) is 7.89. The third-order valence-corrected chi connectivity index (χ3v) is 5.27. The number of carbonyl (C=O) groups excluding carboxylic acids is 1. The topological polar surface area (TPSA) is 63.1 Å². The molecular formula is C16H19BrN4O2S. The SMILES string of the molecule is COC(=O)C1CCN(Cn2[nH]c(-c3ccccc3Br)nc2=S)CC1. The average Bonchev–Trinajstić information content (AvgIpc) is 2.95. The highest BCUT2D eigenvalue weighted by molar-refractivity contribution is 9.10. The average molecular weight is 411 g/mol. The Morgan fingerprint density at radius 1 is 1.42 bits per heavy atom. The molecule has 0 bridgehead atoms. The maximum atomic E-state index is 11.6. The molecule has 0 unspecified atom stereocenters. The van der Waals surface area contributed by atoms with Gasteiger partial charge in [0.15, 0.2) is 5.82 Å². The third kappa shape index (κ3) is 3.76. The Morgan fingerprint density at radius 3 is 2.79 bits per heavy atom. The summed E-state index contributed by atoms with van der Waals surface area (Å²) in [7, 11) is 1.45. The molecule has 2 heterocycles. The Kier molecular flexibility index (Phi) is 5.47. The van der Waals surface area contributed by atoms with E-state index in [1.807, 2.05) is 28.9 Å². The highest BCUT2D eigenvalue weighted by Crippen LogP contribution is 2.25. The summed E-state index contributed by atoms with van der Waals surface area (Å²) in [6.07, 6.45) is 1.62. The summed E-state index contributed by atoms with van der Waals surface area (Å²) in [5.74, 6) is 0.651. The van der Waals surface area contributed by atoms with E-state index in [9.17, 15) is 4.79 Å². The van der Waals surface area contributed by atoms with Crippen LogP contribution < -0.4 is 0 Å². The van der Waals surface area contributed by atoms with Crippen molar-refractivity contribution in [2.75, 3.05) is 20.2 Å². The first-order valence-electron chi connectivity index (χ1n) is 7.80. The summed E-state index contributed by atoms with van der Waals surface area (Å²) in [6.45, 7) is 2.32. The summed E-state index contributed by atoms with van der Waals surface area (Å²) in [4.78, 5) is 18.3. The Hall–Kier alpha value is -1.51. The Morgan fingerprint density at radius 2 is 2.12 bits per heavy atom. The van der Waals surface area contributed by atoms with Crippen LogP contribution in [0.4, 0.5) is 0 Å². The number of hydrogen-bond donors (Lipinski definition) is 1. The van der Waals surface area contributed by atoms with Crippen molar-refractivity contribution in [3.8, 4) is 11.4 Å². The van der Waals surface area contributed by atoms with Crippen LogP contribution in [-0.2, 0) is 16.2 Å². The number of aromatic amines is 1. The molecule has 1 aliphatic rings. The minimum atomic E-state index is -0.107. The van der Waals surface area contributed by atoms with Crippen molar-refractivity contribution in [1.29, 1.82) is 0 Å². The van der Waals surface area contributed by atoms with Crippen molar-refractivity contribution in [3.05, 3.63) is 33.5 Å². The molecule has 0 spiro atoms. The molecule has 128 valence electrons. The minimum absolute atomic E-state index is 0.0109. The van der Waals surface area contributed by atoms with Gasteiger partial charge in [0.2, 0.25) is 4.77 Å². The van der Waals surface area contributed by atoms with Gasteiger partial charge in [-0.15, -0.1) is 0 Å². The van der Waals surface area contributed by atoms with Crippen LogP contribution in [0.3, 0.4) is 0 Å². The number of carbonyl (C=O) groups is 1. The van der Waals surface area contributed by atoms with Crippen molar-refractivity contribution in [2.45, 2.75) is 19.5 Å². The zero-order chi connectivity index (χ0) is 17.1. The van der Waals surface area contributed by atoms with Gasteiger partial charge in [-0.25, -0.2) is 4.68 Å². The monoisotopic (exact) mass is 410 g/mol. The van der Waals surface area contributed by atoms with Crippen molar-refractivity contribution >= 4 is 34.1 Å². The summed E-state index contributed by atoms with van der Waals surface area (Å²) in [5.41, 5.74) is 0.978. The van der Waals surface area contributed by atoms with Crippen LogP contribution in [0.2, 0.25) is 0 Å². The van der Waals surface area contributed by atoms with Gasteiger partial charge in [-0.05, 0) is 31.1 Å². The number of benzene rings is 1. The van der Waals surface area contributed by atoms with Gasteiger partial charge in [0, 0.05) is 23.1 Å². The Balaban J connectivity index is 1.68. The van der Waals surface area contributed by atoms with E-state index in [0.29, 0.717) is 11.4 Å². The zero-order valence-electron chi connectivity index (χ0n) is 13.4. The largest absolute Gasteiger partial charge is 0.469 e. The number of likely N-dealkylation sites (tertiary alicyclic amines) is 1. The van der Waals surface area contributed by atoms with Crippen molar-refractivity contribution in [2.24, 2.45) is 5.92 Å². The molecule has 0 saturated carbocycles. The van der Waals surface area contributed by atoms with Crippen LogP contribution in [0.25, 0.3) is 11.4 Å². The van der Waals surface area contributed by atoms with E-state index in [-0.39, 0.29) is 11.9 Å². The molecule has 6 nitrogen and oxygen atoms in total. The summed E-state index contributed by atoms with van der Waals surface area (Å²) >= 11 is 8.91. The third-order valence-electron chi connectivity index (χ3n) is 4.27. The van der Waals surface area contributed by atoms with Gasteiger partial charge < -0.3 is 4.74 Å². The molecule has 1 fully saturated rings. The number of hydrogen-bond acceptors (Lipinski definition) is 5. The lowest BCUT2D eigenvalue weighted by Gasteiger charge is -2.30.